The van der Waals surface area contributed by atoms with Gasteiger partial charge in [0.05, 0.1) is 0 Å². The standard InChI is InChI=1S/C8H10O5/c1-3-6(4-7(10)11)8(12)13-5(2)9/h4H,3H2,1-2H3,(H,10,11)/b6-4-. The Bertz CT molecular complexity index is 264. The minimum atomic E-state index is -1.24. The number of rotatable bonds is 3. The van der Waals surface area contributed by atoms with Crippen molar-refractivity contribution >= 4 is 17.9 Å². The highest BCUT2D eigenvalue weighted by Gasteiger charge is 2.12. The third-order valence-electron chi connectivity index (χ3n) is 1.18. The van der Waals surface area contributed by atoms with E-state index in [1.54, 1.807) is 6.92 Å². The molecule has 0 saturated heterocycles. The Kier molecular flexibility index (Phi) is 4.43. The molecule has 0 aromatic carbocycles. The fourth-order valence-electron chi connectivity index (χ4n) is 0.650. The van der Waals surface area contributed by atoms with Crippen molar-refractivity contribution in [3.63, 3.8) is 0 Å². The van der Waals surface area contributed by atoms with Gasteiger partial charge in [-0.05, 0) is 6.42 Å². The number of ether oxygens (including phenoxy) is 1. The van der Waals surface area contributed by atoms with Crippen LogP contribution in [0.2, 0.25) is 0 Å². The SMILES string of the molecule is CC/C(=C/C(=O)O)C(=O)OC(C)=O. The third-order valence-corrected chi connectivity index (χ3v) is 1.18. The summed E-state index contributed by atoms with van der Waals surface area (Å²) in [5.41, 5.74) is -0.0392. The van der Waals surface area contributed by atoms with Gasteiger partial charge in [-0.2, -0.15) is 0 Å². The molecule has 0 unspecified atom stereocenters. The molecule has 5 heteroatoms. The lowest BCUT2D eigenvalue weighted by molar-refractivity contribution is -0.155. The van der Waals surface area contributed by atoms with Crippen molar-refractivity contribution in [2.24, 2.45) is 0 Å². The summed E-state index contributed by atoms with van der Waals surface area (Å²) in [5, 5.41) is 8.33. The van der Waals surface area contributed by atoms with E-state index in [0.29, 0.717) is 0 Å². The van der Waals surface area contributed by atoms with E-state index >= 15 is 0 Å². The van der Waals surface area contributed by atoms with Crippen molar-refractivity contribution in [3.05, 3.63) is 11.6 Å². The molecular weight excluding hydrogens is 176 g/mol. The maximum Gasteiger partial charge on any atom is 0.341 e. The molecule has 0 aliphatic carbocycles. The zero-order valence-corrected chi connectivity index (χ0v) is 7.36. The summed E-state index contributed by atoms with van der Waals surface area (Å²) >= 11 is 0. The van der Waals surface area contributed by atoms with Crippen LogP contribution >= 0.6 is 0 Å². The molecule has 13 heavy (non-hydrogen) atoms. The summed E-state index contributed by atoms with van der Waals surface area (Å²) in [6.07, 6.45) is 0.934. The molecule has 72 valence electrons. The van der Waals surface area contributed by atoms with E-state index in [-0.39, 0.29) is 12.0 Å². The Balaban J connectivity index is 4.50. The molecule has 1 N–H and O–H groups in total. The smallest absolute Gasteiger partial charge is 0.341 e. The number of aliphatic carboxylic acids is 1. The van der Waals surface area contributed by atoms with Crippen molar-refractivity contribution in [2.45, 2.75) is 20.3 Å². The van der Waals surface area contributed by atoms with E-state index in [2.05, 4.69) is 4.74 Å². The molecular formula is C8H10O5. The van der Waals surface area contributed by atoms with Crippen LogP contribution in [0.4, 0.5) is 0 Å². The van der Waals surface area contributed by atoms with Crippen molar-refractivity contribution in [1.29, 1.82) is 0 Å². The lowest BCUT2D eigenvalue weighted by atomic mass is 10.2. The van der Waals surface area contributed by atoms with Crippen LogP contribution in [-0.4, -0.2) is 23.0 Å². The van der Waals surface area contributed by atoms with Crippen LogP contribution in [0.1, 0.15) is 20.3 Å². The summed E-state index contributed by atoms with van der Waals surface area (Å²) < 4.78 is 4.19. The van der Waals surface area contributed by atoms with Gasteiger partial charge in [-0.1, -0.05) is 6.92 Å². The first kappa shape index (κ1) is 11.4. The monoisotopic (exact) mass is 186 g/mol. The van der Waals surface area contributed by atoms with Gasteiger partial charge in [0.1, 0.15) is 0 Å². The first-order valence-corrected chi connectivity index (χ1v) is 3.63. The summed E-state index contributed by atoms with van der Waals surface area (Å²) in [6, 6.07) is 0. The van der Waals surface area contributed by atoms with E-state index in [1.807, 2.05) is 0 Å². The zero-order chi connectivity index (χ0) is 10.4. The van der Waals surface area contributed by atoms with Crippen LogP contribution in [0.25, 0.3) is 0 Å². The van der Waals surface area contributed by atoms with Gasteiger partial charge in [-0.25, -0.2) is 9.59 Å². The fourth-order valence-corrected chi connectivity index (χ4v) is 0.650. The summed E-state index contributed by atoms with van der Waals surface area (Å²) in [5.74, 6) is -2.90. The normalized spacial score (nSPS) is 10.8. The van der Waals surface area contributed by atoms with Gasteiger partial charge < -0.3 is 9.84 Å². The van der Waals surface area contributed by atoms with Crippen molar-refractivity contribution in [2.75, 3.05) is 0 Å². The van der Waals surface area contributed by atoms with Crippen LogP contribution in [0.5, 0.6) is 0 Å². The second-order valence-electron chi connectivity index (χ2n) is 2.24. The Morgan fingerprint density at radius 3 is 2.23 bits per heavy atom. The molecule has 0 bridgehead atoms. The maximum absolute atomic E-state index is 10.9. The molecule has 0 atom stereocenters. The molecule has 0 radical (unpaired) electrons. The molecule has 0 aromatic rings. The molecule has 0 aliphatic rings. The van der Waals surface area contributed by atoms with Crippen LogP contribution in [0.15, 0.2) is 11.6 Å². The Morgan fingerprint density at radius 1 is 1.38 bits per heavy atom. The minimum Gasteiger partial charge on any atom is -0.478 e. The number of carboxylic acid groups (broad SMARTS) is 1. The number of esters is 2. The number of carboxylic acids is 1. The zero-order valence-electron chi connectivity index (χ0n) is 7.36. The second kappa shape index (κ2) is 5.08. The van der Waals surface area contributed by atoms with E-state index in [9.17, 15) is 14.4 Å². The summed E-state index contributed by atoms with van der Waals surface area (Å²) in [7, 11) is 0. The molecule has 5 nitrogen and oxygen atoms in total. The molecule has 0 fully saturated rings. The summed E-state index contributed by atoms with van der Waals surface area (Å²) in [4.78, 5) is 31.5. The third kappa shape index (κ3) is 4.73. The highest BCUT2D eigenvalue weighted by molar-refractivity contribution is 5.99. The van der Waals surface area contributed by atoms with Crippen molar-refractivity contribution < 1.29 is 24.2 Å². The Hall–Kier alpha value is -1.65. The number of carbonyl (C=O) groups excluding carboxylic acids is 2. The van der Waals surface area contributed by atoms with Gasteiger partial charge in [-0.15, -0.1) is 0 Å². The number of carbonyl (C=O) groups is 3. The molecule has 0 saturated carbocycles. The number of hydrogen-bond donors (Lipinski definition) is 1. The largest absolute Gasteiger partial charge is 0.478 e. The van der Waals surface area contributed by atoms with Crippen LogP contribution in [0, 0.1) is 0 Å². The van der Waals surface area contributed by atoms with Crippen LogP contribution in [0.3, 0.4) is 0 Å². The van der Waals surface area contributed by atoms with E-state index in [1.165, 1.54) is 0 Å². The molecule has 0 aromatic heterocycles. The van der Waals surface area contributed by atoms with Gasteiger partial charge in [0.25, 0.3) is 0 Å². The fraction of sp³-hybridized carbons (Fsp3) is 0.375. The van der Waals surface area contributed by atoms with E-state index in [4.69, 9.17) is 5.11 Å². The van der Waals surface area contributed by atoms with Crippen molar-refractivity contribution in [3.8, 4) is 0 Å². The Labute approximate surface area is 75.0 Å². The van der Waals surface area contributed by atoms with Gasteiger partial charge in [0, 0.05) is 18.6 Å². The lowest BCUT2D eigenvalue weighted by Crippen LogP contribution is -2.12. The first-order valence-electron chi connectivity index (χ1n) is 3.63. The predicted octanol–water partition coefficient (Wildman–Crippen LogP) is 0.497. The Morgan fingerprint density at radius 2 is 1.92 bits per heavy atom. The van der Waals surface area contributed by atoms with E-state index < -0.39 is 17.9 Å². The summed E-state index contributed by atoms with van der Waals surface area (Å²) in [6.45, 7) is 2.67. The van der Waals surface area contributed by atoms with Gasteiger partial charge in [-0.3, -0.25) is 4.79 Å². The second-order valence-corrected chi connectivity index (χ2v) is 2.24. The molecule has 0 rings (SSSR count). The van der Waals surface area contributed by atoms with E-state index in [0.717, 1.165) is 13.0 Å². The van der Waals surface area contributed by atoms with Gasteiger partial charge >= 0.3 is 17.9 Å². The molecule has 0 spiro atoms. The quantitative estimate of drug-likeness (QED) is 0.394. The van der Waals surface area contributed by atoms with Gasteiger partial charge in [0.15, 0.2) is 0 Å². The molecule has 0 aliphatic heterocycles. The predicted molar refractivity (Wildman–Crippen MR) is 42.8 cm³/mol. The highest BCUT2D eigenvalue weighted by atomic mass is 16.6. The topological polar surface area (TPSA) is 80.7 Å². The van der Waals surface area contributed by atoms with Crippen LogP contribution < -0.4 is 0 Å². The number of hydrogen-bond acceptors (Lipinski definition) is 4. The van der Waals surface area contributed by atoms with Crippen molar-refractivity contribution in [1.82, 2.24) is 0 Å². The average molecular weight is 186 g/mol. The van der Waals surface area contributed by atoms with Gasteiger partial charge in [0.2, 0.25) is 0 Å². The lowest BCUT2D eigenvalue weighted by Gasteiger charge is -2.00. The maximum atomic E-state index is 10.9. The minimum absolute atomic E-state index is 0.0392. The first-order chi connectivity index (χ1) is 5.97. The highest BCUT2D eigenvalue weighted by Crippen LogP contribution is 2.03. The molecule has 0 heterocycles. The molecule has 0 amide bonds. The average Bonchev–Trinajstić information content (AvgIpc) is 1.98. The van der Waals surface area contributed by atoms with Crippen LogP contribution in [-0.2, 0) is 19.1 Å².